The number of anilines is 1. The fourth-order valence-corrected chi connectivity index (χ4v) is 2.50. The Labute approximate surface area is 119 Å². The van der Waals surface area contributed by atoms with Crippen LogP contribution >= 0.6 is 11.6 Å². The summed E-state index contributed by atoms with van der Waals surface area (Å²) in [5.41, 5.74) is 1.79. The molecule has 2 rings (SSSR count). The molecule has 104 valence electrons. The van der Waals surface area contributed by atoms with E-state index < -0.39 is 0 Å². The minimum absolute atomic E-state index is 0.0122. The van der Waals surface area contributed by atoms with Crippen molar-refractivity contribution in [2.75, 3.05) is 18.4 Å². The van der Waals surface area contributed by atoms with Gasteiger partial charge >= 0.3 is 6.03 Å². The number of benzene rings is 1. The summed E-state index contributed by atoms with van der Waals surface area (Å²) < 4.78 is 0. The Morgan fingerprint density at radius 3 is 2.42 bits per heavy atom. The van der Waals surface area contributed by atoms with Crippen molar-refractivity contribution in [3.8, 4) is 0 Å². The molecular formula is C15H21ClN2O. The molecular weight excluding hydrogens is 260 g/mol. The highest BCUT2D eigenvalue weighted by molar-refractivity contribution is 6.31. The normalized spacial score (nSPS) is 16.6. The van der Waals surface area contributed by atoms with Crippen LogP contribution in [0.4, 0.5) is 10.5 Å². The molecule has 0 unspecified atom stereocenters. The number of nitrogens with one attached hydrogen (secondary N) is 1. The van der Waals surface area contributed by atoms with Gasteiger partial charge in [-0.2, -0.15) is 0 Å². The van der Waals surface area contributed by atoms with Crippen molar-refractivity contribution in [3.63, 3.8) is 0 Å². The first-order chi connectivity index (χ1) is 9.16. The number of rotatable bonds is 1. The summed E-state index contributed by atoms with van der Waals surface area (Å²) in [5.74, 6) is 0. The summed E-state index contributed by atoms with van der Waals surface area (Å²) in [6.45, 7) is 3.66. The Morgan fingerprint density at radius 2 is 1.79 bits per heavy atom. The number of aryl methyl sites for hydroxylation is 1. The van der Waals surface area contributed by atoms with Crippen LogP contribution in [0.1, 0.15) is 37.7 Å². The average Bonchev–Trinajstić information content (AvgIpc) is 2.33. The molecule has 1 heterocycles. The molecule has 19 heavy (non-hydrogen) atoms. The lowest BCUT2D eigenvalue weighted by Gasteiger charge is -2.25. The molecule has 0 aromatic heterocycles. The number of halogens is 1. The fraction of sp³-hybridized carbons (Fsp3) is 0.533. The molecule has 2 amide bonds. The third-order valence-corrected chi connectivity index (χ3v) is 3.97. The number of hydrogen-bond acceptors (Lipinski definition) is 1. The van der Waals surface area contributed by atoms with Crippen LogP contribution in [0.5, 0.6) is 0 Å². The molecule has 1 saturated heterocycles. The number of hydrogen-bond donors (Lipinski definition) is 1. The van der Waals surface area contributed by atoms with Crippen molar-refractivity contribution in [3.05, 3.63) is 28.8 Å². The summed E-state index contributed by atoms with van der Waals surface area (Å²) in [7, 11) is 0. The van der Waals surface area contributed by atoms with Crippen LogP contribution < -0.4 is 5.32 Å². The van der Waals surface area contributed by atoms with E-state index in [2.05, 4.69) is 5.32 Å². The van der Waals surface area contributed by atoms with Gasteiger partial charge in [-0.15, -0.1) is 0 Å². The maximum atomic E-state index is 12.2. The van der Waals surface area contributed by atoms with E-state index >= 15 is 0 Å². The van der Waals surface area contributed by atoms with Gasteiger partial charge in [-0.1, -0.05) is 36.9 Å². The summed E-state index contributed by atoms with van der Waals surface area (Å²) in [5, 5.41) is 3.62. The zero-order valence-electron chi connectivity index (χ0n) is 11.4. The quantitative estimate of drug-likeness (QED) is 0.810. The van der Waals surface area contributed by atoms with Gasteiger partial charge in [0.25, 0.3) is 0 Å². The van der Waals surface area contributed by atoms with Crippen LogP contribution in [0.25, 0.3) is 0 Å². The predicted molar refractivity (Wildman–Crippen MR) is 79.9 cm³/mol. The molecule has 0 spiro atoms. The maximum Gasteiger partial charge on any atom is 0.321 e. The largest absolute Gasteiger partial charge is 0.325 e. The Hall–Kier alpha value is -1.22. The first-order valence-corrected chi connectivity index (χ1v) is 7.37. The standard InChI is InChI=1S/C15H21ClN2O/c1-12-7-8-13(11-14(12)16)17-15(19)18-9-5-3-2-4-6-10-18/h7-8,11H,2-6,9-10H2,1H3,(H,17,19). The molecule has 0 aliphatic carbocycles. The van der Waals surface area contributed by atoms with Gasteiger partial charge < -0.3 is 10.2 Å². The molecule has 1 aliphatic heterocycles. The second-order valence-corrected chi connectivity index (χ2v) is 5.56. The van der Waals surface area contributed by atoms with Crippen molar-refractivity contribution in [1.82, 2.24) is 4.90 Å². The molecule has 0 radical (unpaired) electrons. The average molecular weight is 281 g/mol. The number of nitrogens with zero attached hydrogens (tertiary/aromatic N) is 1. The fourth-order valence-electron chi connectivity index (χ4n) is 2.32. The summed E-state index contributed by atoms with van der Waals surface area (Å²) >= 11 is 6.07. The number of carbonyl (C=O) groups excluding carboxylic acids is 1. The van der Waals surface area contributed by atoms with E-state index in [0.29, 0.717) is 5.02 Å². The highest BCUT2D eigenvalue weighted by Crippen LogP contribution is 2.20. The van der Waals surface area contributed by atoms with Gasteiger partial charge in [0.15, 0.2) is 0 Å². The Kier molecular flexibility index (Phi) is 5.08. The molecule has 0 atom stereocenters. The Bertz CT molecular complexity index is 440. The van der Waals surface area contributed by atoms with Crippen molar-refractivity contribution in [1.29, 1.82) is 0 Å². The molecule has 1 N–H and O–H groups in total. The molecule has 0 saturated carbocycles. The minimum Gasteiger partial charge on any atom is -0.325 e. The van der Waals surface area contributed by atoms with Gasteiger partial charge in [-0.25, -0.2) is 4.79 Å². The SMILES string of the molecule is Cc1ccc(NC(=O)N2CCCCCCC2)cc1Cl. The van der Waals surface area contributed by atoms with Gasteiger partial charge in [-0.3, -0.25) is 0 Å². The third-order valence-electron chi connectivity index (χ3n) is 3.57. The van der Waals surface area contributed by atoms with Gasteiger partial charge in [0.2, 0.25) is 0 Å². The highest BCUT2D eigenvalue weighted by Gasteiger charge is 2.14. The zero-order chi connectivity index (χ0) is 13.7. The first-order valence-electron chi connectivity index (χ1n) is 6.99. The lowest BCUT2D eigenvalue weighted by atomic mass is 10.1. The second-order valence-electron chi connectivity index (χ2n) is 5.15. The van der Waals surface area contributed by atoms with Crippen molar-refractivity contribution < 1.29 is 4.79 Å². The van der Waals surface area contributed by atoms with Gasteiger partial charge in [0, 0.05) is 23.8 Å². The first kappa shape index (κ1) is 14.2. The van der Waals surface area contributed by atoms with Crippen LogP contribution in [0.2, 0.25) is 5.02 Å². The molecule has 1 aromatic carbocycles. The van der Waals surface area contributed by atoms with E-state index in [9.17, 15) is 4.79 Å². The van der Waals surface area contributed by atoms with Gasteiger partial charge in [0.1, 0.15) is 0 Å². The minimum atomic E-state index is -0.0122. The predicted octanol–water partition coefficient (Wildman–Crippen LogP) is 4.45. The maximum absolute atomic E-state index is 12.2. The number of amides is 2. The molecule has 1 aromatic rings. The summed E-state index contributed by atoms with van der Waals surface area (Å²) in [6, 6.07) is 5.61. The van der Waals surface area contributed by atoms with Crippen molar-refractivity contribution in [2.45, 2.75) is 39.0 Å². The van der Waals surface area contributed by atoms with Gasteiger partial charge in [0.05, 0.1) is 0 Å². The molecule has 1 aliphatic rings. The van der Waals surface area contributed by atoms with Crippen LogP contribution in [-0.2, 0) is 0 Å². The Balaban J connectivity index is 1.96. The monoisotopic (exact) mass is 280 g/mol. The van der Waals surface area contributed by atoms with Crippen LogP contribution in [0.15, 0.2) is 18.2 Å². The van der Waals surface area contributed by atoms with E-state index in [1.165, 1.54) is 19.3 Å². The molecule has 0 bridgehead atoms. The third kappa shape index (κ3) is 4.13. The van der Waals surface area contributed by atoms with Crippen LogP contribution in [0, 0.1) is 6.92 Å². The second kappa shape index (κ2) is 6.80. The molecule has 3 nitrogen and oxygen atoms in total. The van der Waals surface area contributed by atoms with E-state index in [1.807, 2.05) is 24.0 Å². The number of likely N-dealkylation sites (tertiary alicyclic amines) is 1. The van der Waals surface area contributed by atoms with Crippen molar-refractivity contribution >= 4 is 23.3 Å². The lowest BCUT2D eigenvalue weighted by Crippen LogP contribution is -2.37. The van der Waals surface area contributed by atoms with Crippen molar-refractivity contribution in [2.24, 2.45) is 0 Å². The topological polar surface area (TPSA) is 32.3 Å². The number of urea groups is 1. The Morgan fingerprint density at radius 1 is 1.16 bits per heavy atom. The molecule has 4 heteroatoms. The zero-order valence-corrected chi connectivity index (χ0v) is 12.2. The van der Waals surface area contributed by atoms with Crippen LogP contribution in [0.3, 0.4) is 0 Å². The van der Waals surface area contributed by atoms with Gasteiger partial charge in [-0.05, 0) is 37.5 Å². The molecule has 1 fully saturated rings. The van der Waals surface area contributed by atoms with E-state index in [1.54, 1.807) is 6.07 Å². The smallest absolute Gasteiger partial charge is 0.321 e. The highest BCUT2D eigenvalue weighted by atomic mass is 35.5. The van der Waals surface area contributed by atoms with Crippen LogP contribution in [-0.4, -0.2) is 24.0 Å². The summed E-state index contributed by atoms with van der Waals surface area (Å²) in [6.07, 6.45) is 5.94. The summed E-state index contributed by atoms with van der Waals surface area (Å²) in [4.78, 5) is 14.1. The number of carbonyl (C=O) groups is 1. The van der Waals surface area contributed by atoms with E-state index in [0.717, 1.165) is 37.2 Å². The van der Waals surface area contributed by atoms with E-state index in [4.69, 9.17) is 11.6 Å². The lowest BCUT2D eigenvalue weighted by molar-refractivity contribution is 0.206. The van der Waals surface area contributed by atoms with E-state index in [-0.39, 0.29) is 6.03 Å².